The summed E-state index contributed by atoms with van der Waals surface area (Å²) in [5, 5.41) is 7.20. The molecule has 0 saturated heterocycles. The van der Waals surface area contributed by atoms with Gasteiger partial charge in [-0.3, -0.25) is 4.68 Å². The summed E-state index contributed by atoms with van der Waals surface area (Å²) in [7, 11) is 1.81. The fourth-order valence-corrected chi connectivity index (χ4v) is 1.56. The van der Waals surface area contributed by atoms with Crippen molar-refractivity contribution in [2.75, 3.05) is 12.4 Å². The molecule has 0 bridgehead atoms. The monoisotopic (exact) mass is 217 g/mol. The molecule has 0 aliphatic heterocycles. The van der Waals surface area contributed by atoms with Crippen LogP contribution in [0.3, 0.4) is 0 Å². The van der Waals surface area contributed by atoms with Crippen molar-refractivity contribution in [3.63, 3.8) is 0 Å². The fourth-order valence-electron chi connectivity index (χ4n) is 1.56. The lowest BCUT2D eigenvalue weighted by Gasteiger charge is -2.06. The van der Waals surface area contributed by atoms with E-state index in [0.29, 0.717) is 5.95 Å². The second-order valence-corrected chi connectivity index (χ2v) is 3.46. The third-order valence-electron chi connectivity index (χ3n) is 2.29. The van der Waals surface area contributed by atoms with Crippen molar-refractivity contribution >= 4 is 5.95 Å². The molecule has 0 aliphatic rings. The van der Waals surface area contributed by atoms with Gasteiger partial charge in [-0.05, 0) is 18.6 Å². The first-order valence-electron chi connectivity index (χ1n) is 5.38. The molecule has 0 fully saturated rings. The van der Waals surface area contributed by atoms with Gasteiger partial charge in [0, 0.05) is 26.0 Å². The van der Waals surface area contributed by atoms with E-state index in [1.807, 2.05) is 23.9 Å². The third-order valence-corrected chi connectivity index (χ3v) is 2.29. The number of anilines is 1. The van der Waals surface area contributed by atoms with Crippen LogP contribution in [-0.2, 0) is 6.54 Å². The van der Waals surface area contributed by atoms with Crippen molar-refractivity contribution in [3.8, 4) is 11.4 Å². The molecule has 0 spiro atoms. The lowest BCUT2D eigenvalue weighted by Crippen LogP contribution is -2.03. The van der Waals surface area contributed by atoms with E-state index in [0.717, 1.165) is 24.4 Å². The second-order valence-electron chi connectivity index (χ2n) is 3.46. The molecule has 5 nitrogen and oxygen atoms in total. The summed E-state index contributed by atoms with van der Waals surface area (Å²) in [6.07, 6.45) is 4.60. The van der Waals surface area contributed by atoms with Gasteiger partial charge in [0.05, 0.1) is 11.4 Å². The van der Waals surface area contributed by atoms with E-state index in [1.165, 1.54) is 0 Å². The van der Waals surface area contributed by atoms with Crippen LogP contribution >= 0.6 is 0 Å². The summed E-state index contributed by atoms with van der Waals surface area (Å²) in [5.74, 6) is 0.627. The zero-order valence-corrected chi connectivity index (χ0v) is 9.51. The van der Waals surface area contributed by atoms with E-state index in [-0.39, 0.29) is 0 Å². The third kappa shape index (κ3) is 2.03. The number of aryl methyl sites for hydroxylation is 1. The number of nitrogens with one attached hydrogen (secondary N) is 1. The molecular formula is C11H15N5. The minimum Gasteiger partial charge on any atom is -0.357 e. The molecular weight excluding hydrogens is 202 g/mol. The van der Waals surface area contributed by atoms with E-state index >= 15 is 0 Å². The zero-order valence-electron chi connectivity index (χ0n) is 9.51. The highest BCUT2D eigenvalue weighted by Gasteiger charge is 2.06. The Morgan fingerprint density at radius 1 is 1.31 bits per heavy atom. The average Bonchev–Trinajstić information content (AvgIpc) is 2.78. The molecule has 5 heteroatoms. The molecule has 2 heterocycles. The minimum atomic E-state index is 0.627. The van der Waals surface area contributed by atoms with E-state index < -0.39 is 0 Å². The molecule has 0 amide bonds. The van der Waals surface area contributed by atoms with Crippen LogP contribution in [0.15, 0.2) is 24.5 Å². The molecule has 84 valence electrons. The first-order valence-corrected chi connectivity index (χ1v) is 5.38. The maximum Gasteiger partial charge on any atom is 0.222 e. The Labute approximate surface area is 94.5 Å². The Balaban J connectivity index is 2.37. The van der Waals surface area contributed by atoms with E-state index in [1.54, 1.807) is 12.4 Å². The normalized spacial score (nSPS) is 10.4. The Kier molecular flexibility index (Phi) is 3.14. The smallest absolute Gasteiger partial charge is 0.222 e. The van der Waals surface area contributed by atoms with Gasteiger partial charge in [-0.1, -0.05) is 6.92 Å². The first kappa shape index (κ1) is 10.6. The summed E-state index contributed by atoms with van der Waals surface area (Å²) in [5.41, 5.74) is 1.92. The summed E-state index contributed by atoms with van der Waals surface area (Å²) < 4.78 is 1.96. The summed E-state index contributed by atoms with van der Waals surface area (Å²) >= 11 is 0. The number of hydrogen-bond acceptors (Lipinski definition) is 4. The largest absolute Gasteiger partial charge is 0.357 e. The Hall–Kier alpha value is -1.91. The highest BCUT2D eigenvalue weighted by atomic mass is 15.3. The van der Waals surface area contributed by atoms with Crippen LogP contribution in [0.25, 0.3) is 11.4 Å². The maximum absolute atomic E-state index is 4.39. The summed E-state index contributed by atoms with van der Waals surface area (Å²) in [6.45, 7) is 3.03. The molecule has 16 heavy (non-hydrogen) atoms. The van der Waals surface area contributed by atoms with E-state index in [9.17, 15) is 0 Å². The molecule has 0 atom stereocenters. The number of nitrogens with zero attached hydrogens (tertiary/aromatic N) is 4. The molecule has 2 rings (SSSR count). The molecule has 0 aromatic carbocycles. The summed E-state index contributed by atoms with van der Waals surface area (Å²) in [4.78, 5) is 8.49. The molecule has 0 aliphatic carbocycles. The van der Waals surface area contributed by atoms with Gasteiger partial charge >= 0.3 is 0 Å². The predicted octanol–water partition coefficient (Wildman–Crippen LogP) is 1.79. The predicted molar refractivity (Wildman–Crippen MR) is 63.1 cm³/mol. The topological polar surface area (TPSA) is 55.6 Å². The average molecular weight is 217 g/mol. The number of aromatic nitrogens is 4. The molecule has 1 N–H and O–H groups in total. The standard InChI is InChI=1S/C11H15N5/c1-3-8-16-10(5-7-14-16)9-4-6-13-11(12-2)15-9/h4-7H,3,8H2,1-2H3,(H,12,13,15). The molecule has 2 aromatic rings. The first-order chi connectivity index (χ1) is 7.85. The fraction of sp³-hybridized carbons (Fsp3) is 0.364. The Morgan fingerprint density at radius 2 is 2.19 bits per heavy atom. The van der Waals surface area contributed by atoms with Crippen molar-refractivity contribution in [2.24, 2.45) is 0 Å². The SMILES string of the molecule is CCCn1nccc1-c1ccnc(NC)n1. The van der Waals surface area contributed by atoms with Crippen LogP contribution < -0.4 is 5.32 Å². The van der Waals surface area contributed by atoms with Gasteiger partial charge < -0.3 is 5.32 Å². The van der Waals surface area contributed by atoms with Crippen LogP contribution in [0.2, 0.25) is 0 Å². The summed E-state index contributed by atoms with van der Waals surface area (Å²) in [6, 6.07) is 3.86. The zero-order chi connectivity index (χ0) is 11.4. The van der Waals surface area contributed by atoms with Gasteiger partial charge in [0.25, 0.3) is 0 Å². The van der Waals surface area contributed by atoms with Crippen LogP contribution in [0.4, 0.5) is 5.95 Å². The van der Waals surface area contributed by atoms with Crippen LogP contribution in [0, 0.1) is 0 Å². The van der Waals surface area contributed by atoms with Gasteiger partial charge in [0.1, 0.15) is 0 Å². The van der Waals surface area contributed by atoms with E-state index in [2.05, 4.69) is 27.3 Å². The highest BCUT2D eigenvalue weighted by molar-refractivity contribution is 5.55. The number of rotatable bonds is 4. The molecule has 0 unspecified atom stereocenters. The highest BCUT2D eigenvalue weighted by Crippen LogP contribution is 2.17. The quantitative estimate of drug-likeness (QED) is 0.848. The molecule has 0 radical (unpaired) electrons. The van der Waals surface area contributed by atoms with Gasteiger partial charge in [-0.15, -0.1) is 0 Å². The van der Waals surface area contributed by atoms with E-state index in [4.69, 9.17) is 0 Å². The van der Waals surface area contributed by atoms with Crippen molar-refractivity contribution in [1.29, 1.82) is 0 Å². The lowest BCUT2D eigenvalue weighted by molar-refractivity contribution is 0.608. The van der Waals surface area contributed by atoms with Crippen molar-refractivity contribution in [2.45, 2.75) is 19.9 Å². The minimum absolute atomic E-state index is 0.627. The van der Waals surface area contributed by atoms with Gasteiger partial charge in [-0.2, -0.15) is 5.10 Å². The van der Waals surface area contributed by atoms with Gasteiger partial charge in [0.15, 0.2) is 0 Å². The lowest BCUT2D eigenvalue weighted by atomic mass is 10.3. The second kappa shape index (κ2) is 4.74. The van der Waals surface area contributed by atoms with Crippen molar-refractivity contribution < 1.29 is 0 Å². The van der Waals surface area contributed by atoms with Crippen LogP contribution in [-0.4, -0.2) is 26.8 Å². The maximum atomic E-state index is 4.39. The Bertz CT molecular complexity index is 463. The van der Waals surface area contributed by atoms with Crippen molar-refractivity contribution in [1.82, 2.24) is 19.7 Å². The van der Waals surface area contributed by atoms with Gasteiger partial charge in [0.2, 0.25) is 5.95 Å². The van der Waals surface area contributed by atoms with Crippen LogP contribution in [0.5, 0.6) is 0 Å². The van der Waals surface area contributed by atoms with Crippen LogP contribution in [0.1, 0.15) is 13.3 Å². The molecule has 2 aromatic heterocycles. The Morgan fingerprint density at radius 3 is 2.94 bits per heavy atom. The van der Waals surface area contributed by atoms with Crippen molar-refractivity contribution in [3.05, 3.63) is 24.5 Å². The molecule has 0 saturated carbocycles. The van der Waals surface area contributed by atoms with Gasteiger partial charge in [-0.25, -0.2) is 9.97 Å². The number of hydrogen-bond donors (Lipinski definition) is 1.